The lowest BCUT2D eigenvalue weighted by Crippen LogP contribution is -2.12. The van der Waals surface area contributed by atoms with E-state index >= 15 is 0 Å². The number of thiophene rings is 1. The molecule has 2 nitrogen and oxygen atoms in total. The highest BCUT2D eigenvalue weighted by molar-refractivity contribution is 7.15. The minimum atomic E-state index is 0.129. The molecule has 2 aromatic rings. The summed E-state index contributed by atoms with van der Waals surface area (Å²) in [5.41, 5.74) is 10.1. The fraction of sp³-hybridized carbons (Fsp3) is 0.333. The van der Waals surface area contributed by atoms with Gasteiger partial charge in [-0.15, -0.1) is 11.3 Å². The van der Waals surface area contributed by atoms with Gasteiger partial charge in [-0.25, -0.2) is 0 Å². The minimum Gasteiger partial charge on any atom is -0.374 e. The van der Waals surface area contributed by atoms with Crippen LogP contribution in [0.1, 0.15) is 23.4 Å². The normalized spacial score (nSPS) is 15.8. The highest BCUT2D eigenvalue weighted by atomic mass is 32.1. The van der Waals surface area contributed by atoms with E-state index < -0.39 is 0 Å². The van der Waals surface area contributed by atoms with Gasteiger partial charge >= 0.3 is 0 Å². The third kappa shape index (κ3) is 1.93. The second-order valence-corrected chi connectivity index (χ2v) is 6.12. The Morgan fingerprint density at radius 3 is 2.83 bits per heavy atom. The number of fused-ring (bicyclic) bond motifs is 1. The molecule has 1 aromatic carbocycles. The zero-order chi connectivity index (χ0) is 12.7. The first-order valence-electron chi connectivity index (χ1n) is 6.35. The maximum absolute atomic E-state index is 5.92. The van der Waals surface area contributed by atoms with Gasteiger partial charge < -0.3 is 10.6 Å². The van der Waals surface area contributed by atoms with Crippen molar-refractivity contribution in [2.75, 3.05) is 18.5 Å². The van der Waals surface area contributed by atoms with Gasteiger partial charge in [-0.05, 0) is 48.7 Å². The molecule has 1 aromatic heterocycles. The summed E-state index contributed by atoms with van der Waals surface area (Å²) in [5, 5.41) is 0. The molecule has 2 heterocycles. The van der Waals surface area contributed by atoms with Crippen molar-refractivity contribution >= 4 is 17.0 Å². The summed E-state index contributed by atoms with van der Waals surface area (Å²) in [6.45, 7) is 3.17. The largest absolute Gasteiger partial charge is 0.374 e. The maximum atomic E-state index is 5.92. The van der Waals surface area contributed by atoms with Crippen LogP contribution in [0.3, 0.4) is 0 Å². The number of nitrogens with zero attached hydrogens (tertiary/aromatic N) is 1. The second-order valence-electron chi connectivity index (χ2n) is 5.01. The molecule has 0 bridgehead atoms. The van der Waals surface area contributed by atoms with Crippen LogP contribution in [-0.4, -0.2) is 13.6 Å². The van der Waals surface area contributed by atoms with Gasteiger partial charge in [0.15, 0.2) is 0 Å². The molecule has 1 aliphatic rings. The lowest BCUT2D eigenvalue weighted by Gasteiger charge is -2.11. The average molecular weight is 258 g/mol. The Morgan fingerprint density at radius 1 is 1.28 bits per heavy atom. The maximum Gasteiger partial charge on any atom is 0.0397 e. The Kier molecular flexibility index (Phi) is 2.88. The molecular formula is C15H18N2S. The van der Waals surface area contributed by atoms with Crippen molar-refractivity contribution in [1.29, 1.82) is 0 Å². The van der Waals surface area contributed by atoms with Crippen LogP contribution < -0.4 is 10.6 Å². The Morgan fingerprint density at radius 2 is 2.11 bits per heavy atom. The van der Waals surface area contributed by atoms with Crippen LogP contribution in [0.2, 0.25) is 0 Å². The predicted octanol–water partition coefficient (Wildman–Crippen LogP) is 3.43. The van der Waals surface area contributed by atoms with Crippen molar-refractivity contribution in [2.45, 2.75) is 19.4 Å². The van der Waals surface area contributed by atoms with E-state index in [1.807, 2.05) is 6.92 Å². The zero-order valence-corrected chi connectivity index (χ0v) is 11.6. The molecule has 0 fully saturated rings. The van der Waals surface area contributed by atoms with Gasteiger partial charge in [-0.2, -0.15) is 0 Å². The third-order valence-corrected chi connectivity index (χ3v) is 4.90. The van der Waals surface area contributed by atoms with Crippen molar-refractivity contribution in [1.82, 2.24) is 0 Å². The van der Waals surface area contributed by atoms with Crippen LogP contribution in [0.25, 0.3) is 10.4 Å². The lowest BCUT2D eigenvalue weighted by atomic mass is 10.1. The van der Waals surface area contributed by atoms with Crippen molar-refractivity contribution in [3.8, 4) is 10.4 Å². The van der Waals surface area contributed by atoms with Crippen LogP contribution in [0, 0.1) is 0 Å². The molecule has 3 heteroatoms. The van der Waals surface area contributed by atoms with E-state index in [4.69, 9.17) is 5.73 Å². The first kappa shape index (κ1) is 11.8. The first-order valence-corrected chi connectivity index (χ1v) is 7.16. The molecule has 0 saturated carbocycles. The summed E-state index contributed by atoms with van der Waals surface area (Å²) in [6, 6.07) is 11.2. The van der Waals surface area contributed by atoms with E-state index in [0.717, 1.165) is 13.0 Å². The topological polar surface area (TPSA) is 29.3 Å². The lowest BCUT2D eigenvalue weighted by molar-refractivity contribution is 0.838. The fourth-order valence-electron chi connectivity index (χ4n) is 2.47. The Bertz CT molecular complexity index is 572. The number of rotatable bonds is 2. The summed E-state index contributed by atoms with van der Waals surface area (Å²) in [7, 11) is 2.16. The van der Waals surface area contributed by atoms with Gasteiger partial charge in [0.05, 0.1) is 0 Å². The summed E-state index contributed by atoms with van der Waals surface area (Å²) < 4.78 is 0. The van der Waals surface area contributed by atoms with Gasteiger partial charge in [0.2, 0.25) is 0 Å². The Hall–Kier alpha value is -1.32. The van der Waals surface area contributed by atoms with E-state index in [1.165, 1.54) is 26.6 Å². The Labute approximate surface area is 112 Å². The Balaban J connectivity index is 1.97. The molecule has 0 radical (unpaired) electrons. The quantitative estimate of drug-likeness (QED) is 0.894. The highest BCUT2D eigenvalue weighted by Gasteiger charge is 2.16. The number of hydrogen-bond donors (Lipinski definition) is 1. The summed E-state index contributed by atoms with van der Waals surface area (Å²) >= 11 is 1.80. The molecule has 2 N–H and O–H groups in total. The molecule has 18 heavy (non-hydrogen) atoms. The second kappa shape index (κ2) is 4.41. The highest BCUT2D eigenvalue weighted by Crippen LogP contribution is 2.35. The molecule has 1 atom stereocenters. The molecular weight excluding hydrogens is 240 g/mol. The van der Waals surface area contributed by atoms with Crippen molar-refractivity contribution in [3.63, 3.8) is 0 Å². The van der Waals surface area contributed by atoms with E-state index in [1.54, 1.807) is 11.3 Å². The van der Waals surface area contributed by atoms with Crippen molar-refractivity contribution in [2.24, 2.45) is 5.73 Å². The van der Waals surface area contributed by atoms with E-state index in [9.17, 15) is 0 Å². The molecule has 0 aliphatic carbocycles. The van der Waals surface area contributed by atoms with Gasteiger partial charge in [0.1, 0.15) is 0 Å². The van der Waals surface area contributed by atoms with Crippen LogP contribution in [0.4, 0.5) is 5.69 Å². The van der Waals surface area contributed by atoms with Crippen molar-refractivity contribution < 1.29 is 0 Å². The van der Waals surface area contributed by atoms with E-state index in [2.05, 4.69) is 42.3 Å². The average Bonchev–Trinajstić information content (AvgIpc) is 2.96. The summed E-state index contributed by atoms with van der Waals surface area (Å²) in [4.78, 5) is 4.89. The van der Waals surface area contributed by atoms with Crippen LogP contribution in [-0.2, 0) is 6.42 Å². The van der Waals surface area contributed by atoms with E-state index in [0.29, 0.717) is 0 Å². The number of anilines is 1. The number of hydrogen-bond acceptors (Lipinski definition) is 3. The van der Waals surface area contributed by atoms with Gasteiger partial charge in [-0.3, -0.25) is 0 Å². The molecule has 3 rings (SSSR count). The van der Waals surface area contributed by atoms with Crippen LogP contribution in [0.5, 0.6) is 0 Å². The molecule has 1 aliphatic heterocycles. The molecule has 0 spiro atoms. The first-order chi connectivity index (χ1) is 8.65. The fourth-order valence-corrected chi connectivity index (χ4v) is 3.43. The molecule has 0 amide bonds. The smallest absolute Gasteiger partial charge is 0.0397 e. The molecule has 1 unspecified atom stereocenters. The summed E-state index contributed by atoms with van der Waals surface area (Å²) in [5.74, 6) is 0. The van der Waals surface area contributed by atoms with Crippen molar-refractivity contribution in [3.05, 3.63) is 40.8 Å². The molecule has 94 valence electrons. The van der Waals surface area contributed by atoms with Crippen LogP contribution >= 0.6 is 11.3 Å². The number of likely N-dealkylation sites (N-methyl/N-ethyl adjacent to an activating group) is 1. The van der Waals surface area contributed by atoms with Crippen LogP contribution in [0.15, 0.2) is 30.3 Å². The number of benzene rings is 1. The molecule has 0 saturated heterocycles. The van der Waals surface area contributed by atoms with E-state index in [-0.39, 0.29) is 6.04 Å². The zero-order valence-electron chi connectivity index (χ0n) is 10.8. The third-order valence-electron chi connectivity index (χ3n) is 3.57. The summed E-state index contributed by atoms with van der Waals surface area (Å²) in [6.07, 6.45) is 1.16. The minimum absolute atomic E-state index is 0.129. The van der Waals surface area contributed by atoms with Gasteiger partial charge in [-0.1, -0.05) is 6.07 Å². The van der Waals surface area contributed by atoms with Gasteiger partial charge in [0, 0.05) is 35.1 Å². The standard InChI is InChI=1S/C15H18N2S/c1-10(16)14-5-6-15(18-14)12-3-4-13-11(9-12)7-8-17(13)2/h3-6,9-10H,7-8,16H2,1-2H3. The monoisotopic (exact) mass is 258 g/mol. The number of nitrogens with two attached hydrogens (primary N) is 1. The SMILES string of the molecule is CC(N)c1ccc(-c2ccc3c(c2)CCN3C)s1. The predicted molar refractivity (Wildman–Crippen MR) is 79.3 cm³/mol. The van der Waals surface area contributed by atoms with Gasteiger partial charge in [0.25, 0.3) is 0 Å².